The van der Waals surface area contributed by atoms with Crippen molar-refractivity contribution >= 4 is 28.3 Å². The molecule has 3 rings (SSSR count). The van der Waals surface area contributed by atoms with E-state index in [1.165, 1.54) is 23.8 Å². The van der Waals surface area contributed by atoms with Crippen LogP contribution in [0, 0.1) is 10.1 Å². The summed E-state index contributed by atoms with van der Waals surface area (Å²) in [5.41, 5.74) is 3.04. The molecule has 1 N–H and O–H groups in total. The number of nitrogens with zero attached hydrogens (tertiary/aromatic N) is 1. The van der Waals surface area contributed by atoms with Gasteiger partial charge in [-0.15, -0.1) is 0 Å². The van der Waals surface area contributed by atoms with Crippen molar-refractivity contribution in [3.8, 4) is 0 Å². The van der Waals surface area contributed by atoms with Crippen LogP contribution in [-0.4, -0.2) is 10.8 Å². The zero-order valence-electron chi connectivity index (χ0n) is 14.0. The molecule has 1 heterocycles. The standard InChI is InChI=1S/C19H18N2O4/c1-12(2)13-6-7-18-17(8-13)14(11-25-18)9-19(22)20-15-4-3-5-16(10-15)21(23)24/h3-8,10-12H,9H2,1-2H3,(H,20,22). The third-order valence-electron chi connectivity index (χ3n) is 4.04. The molecule has 6 nitrogen and oxygen atoms in total. The van der Waals surface area contributed by atoms with Gasteiger partial charge in [0.15, 0.2) is 0 Å². The number of hydrogen-bond donors (Lipinski definition) is 1. The van der Waals surface area contributed by atoms with Crippen molar-refractivity contribution in [1.82, 2.24) is 0 Å². The Labute approximate surface area is 144 Å². The molecule has 0 aliphatic rings. The van der Waals surface area contributed by atoms with Crippen molar-refractivity contribution in [2.75, 3.05) is 5.32 Å². The molecule has 0 fully saturated rings. The van der Waals surface area contributed by atoms with Gasteiger partial charge in [-0.2, -0.15) is 0 Å². The number of amides is 1. The number of rotatable bonds is 5. The summed E-state index contributed by atoms with van der Waals surface area (Å²) in [5.74, 6) is 0.129. The fourth-order valence-corrected chi connectivity index (χ4v) is 2.67. The number of furan rings is 1. The summed E-state index contributed by atoms with van der Waals surface area (Å²) in [7, 11) is 0. The summed E-state index contributed by atoms with van der Waals surface area (Å²) in [5, 5.41) is 14.4. The molecular formula is C19H18N2O4. The van der Waals surface area contributed by atoms with Gasteiger partial charge in [0, 0.05) is 28.8 Å². The van der Waals surface area contributed by atoms with Crippen LogP contribution in [0.2, 0.25) is 0 Å². The van der Waals surface area contributed by atoms with E-state index in [0.717, 1.165) is 16.5 Å². The van der Waals surface area contributed by atoms with Crippen LogP contribution >= 0.6 is 0 Å². The van der Waals surface area contributed by atoms with Gasteiger partial charge in [-0.3, -0.25) is 14.9 Å². The maximum Gasteiger partial charge on any atom is 0.271 e. The fourth-order valence-electron chi connectivity index (χ4n) is 2.67. The van der Waals surface area contributed by atoms with E-state index in [1.54, 1.807) is 12.3 Å². The van der Waals surface area contributed by atoms with Gasteiger partial charge < -0.3 is 9.73 Å². The molecule has 0 bridgehead atoms. The molecule has 1 aromatic heterocycles. The zero-order chi connectivity index (χ0) is 18.0. The van der Waals surface area contributed by atoms with Crippen LogP contribution in [0.1, 0.15) is 30.9 Å². The van der Waals surface area contributed by atoms with Gasteiger partial charge in [-0.1, -0.05) is 26.0 Å². The molecule has 128 valence electrons. The Bertz CT molecular complexity index is 944. The Morgan fingerprint density at radius 1 is 1.24 bits per heavy atom. The first-order chi connectivity index (χ1) is 11.9. The monoisotopic (exact) mass is 338 g/mol. The number of fused-ring (bicyclic) bond motifs is 1. The second-order valence-electron chi connectivity index (χ2n) is 6.20. The fraction of sp³-hybridized carbons (Fsp3) is 0.211. The quantitative estimate of drug-likeness (QED) is 0.542. The molecule has 6 heteroatoms. The topological polar surface area (TPSA) is 85.4 Å². The first-order valence-electron chi connectivity index (χ1n) is 7.98. The number of benzene rings is 2. The number of non-ortho nitro benzene ring substituents is 1. The van der Waals surface area contributed by atoms with Crippen molar-refractivity contribution in [1.29, 1.82) is 0 Å². The SMILES string of the molecule is CC(C)c1ccc2occ(CC(=O)Nc3cccc([N+](=O)[O-])c3)c2c1. The Kier molecular flexibility index (Phi) is 4.52. The van der Waals surface area contributed by atoms with Crippen LogP contribution in [0.15, 0.2) is 53.1 Å². The van der Waals surface area contributed by atoms with Crippen molar-refractivity contribution in [2.24, 2.45) is 0 Å². The Morgan fingerprint density at radius 2 is 2.04 bits per heavy atom. The Balaban J connectivity index is 1.79. The summed E-state index contributed by atoms with van der Waals surface area (Å²) in [6.45, 7) is 4.21. The van der Waals surface area contributed by atoms with Gasteiger partial charge in [0.2, 0.25) is 5.91 Å². The van der Waals surface area contributed by atoms with Gasteiger partial charge in [0.25, 0.3) is 5.69 Å². The van der Waals surface area contributed by atoms with Crippen molar-refractivity contribution in [2.45, 2.75) is 26.2 Å². The maximum atomic E-state index is 12.3. The first kappa shape index (κ1) is 16.7. The van der Waals surface area contributed by atoms with Crippen LogP contribution in [0.4, 0.5) is 11.4 Å². The minimum absolute atomic E-state index is 0.0619. The number of carbonyl (C=O) groups excluding carboxylic acids is 1. The largest absolute Gasteiger partial charge is 0.464 e. The van der Waals surface area contributed by atoms with Crippen molar-refractivity contribution in [3.63, 3.8) is 0 Å². The molecule has 1 amide bonds. The van der Waals surface area contributed by atoms with Gasteiger partial charge in [-0.25, -0.2) is 0 Å². The first-order valence-corrected chi connectivity index (χ1v) is 7.98. The molecule has 0 saturated carbocycles. The predicted octanol–water partition coefficient (Wildman–Crippen LogP) is 4.65. The second-order valence-corrected chi connectivity index (χ2v) is 6.20. The van der Waals surface area contributed by atoms with Crippen molar-refractivity contribution in [3.05, 3.63) is 70.0 Å². The molecule has 0 unspecified atom stereocenters. The lowest BCUT2D eigenvalue weighted by atomic mass is 10.00. The highest BCUT2D eigenvalue weighted by Gasteiger charge is 2.13. The number of carbonyl (C=O) groups is 1. The Hall–Kier alpha value is -3.15. The highest BCUT2D eigenvalue weighted by Crippen LogP contribution is 2.26. The van der Waals surface area contributed by atoms with E-state index in [9.17, 15) is 14.9 Å². The van der Waals surface area contributed by atoms with Crippen LogP contribution < -0.4 is 5.32 Å². The van der Waals surface area contributed by atoms with E-state index < -0.39 is 4.92 Å². The van der Waals surface area contributed by atoms with Crippen LogP contribution in [0.25, 0.3) is 11.0 Å². The average Bonchev–Trinajstić information content (AvgIpc) is 2.97. The van der Waals surface area contributed by atoms with Gasteiger partial charge >= 0.3 is 0 Å². The van der Waals surface area contributed by atoms with Crippen LogP contribution in [0.5, 0.6) is 0 Å². The molecular weight excluding hydrogens is 320 g/mol. The number of hydrogen-bond acceptors (Lipinski definition) is 4. The molecule has 0 aliphatic heterocycles. The number of nitrogens with one attached hydrogen (secondary N) is 1. The summed E-state index contributed by atoms with van der Waals surface area (Å²) in [4.78, 5) is 22.6. The van der Waals surface area contributed by atoms with E-state index in [4.69, 9.17) is 4.42 Å². The van der Waals surface area contributed by atoms with Crippen LogP contribution in [0.3, 0.4) is 0 Å². The summed E-state index contributed by atoms with van der Waals surface area (Å²) in [6.07, 6.45) is 1.72. The highest BCUT2D eigenvalue weighted by atomic mass is 16.6. The third-order valence-corrected chi connectivity index (χ3v) is 4.04. The zero-order valence-corrected chi connectivity index (χ0v) is 14.0. The average molecular weight is 338 g/mol. The predicted molar refractivity (Wildman–Crippen MR) is 95.7 cm³/mol. The number of nitro groups is 1. The molecule has 0 aliphatic carbocycles. The lowest BCUT2D eigenvalue weighted by Crippen LogP contribution is -2.14. The molecule has 0 spiro atoms. The highest BCUT2D eigenvalue weighted by molar-refractivity contribution is 5.95. The molecule has 2 aromatic carbocycles. The summed E-state index contributed by atoms with van der Waals surface area (Å²) < 4.78 is 5.52. The molecule has 0 saturated heterocycles. The maximum absolute atomic E-state index is 12.3. The lowest BCUT2D eigenvalue weighted by Gasteiger charge is -2.06. The van der Waals surface area contributed by atoms with E-state index >= 15 is 0 Å². The van der Waals surface area contributed by atoms with E-state index in [2.05, 4.69) is 19.2 Å². The van der Waals surface area contributed by atoms with Gasteiger partial charge in [-0.05, 0) is 29.7 Å². The number of anilines is 1. The minimum atomic E-state index is -0.493. The third kappa shape index (κ3) is 3.68. The molecule has 0 radical (unpaired) electrons. The second kappa shape index (κ2) is 6.76. The van der Waals surface area contributed by atoms with Crippen molar-refractivity contribution < 1.29 is 14.1 Å². The molecule has 3 aromatic rings. The van der Waals surface area contributed by atoms with E-state index in [-0.39, 0.29) is 18.0 Å². The minimum Gasteiger partial charge on any atom is -0.464 e. The van der Waals surface area contributed by atoms with Gasteiger partial charge in [0.05, 0.1) is 17.6 Å². The smallest absolute Gasteiger partial charge is 0.271 e. The van der Waals surface area contributed by atoms with E-state index in [1.807, 2.05) is 18.2 Å². The normalized spacial score (nSPS) is 11.0. The summed E-state index contributed by atoms with van der Waals surface area (Å²) >= 11 is 0. The van der Waals surface area contributed by atoms with Crippen LogP contribution in [-0.2, 0) is 11.2 Å². The Morgan fingerprint density at radius 3 is 2.76 bits per heavy atom. The van der Waals surface area contributed by atoms with Gasteiger partial charge in [0.1, 0.15) is 5.58 Å². The number of nitro benzene ring substituents is 1. The lowest BCUT2D eigenvalue weighted by molar-refractivity contribution is -0.384. The summed E-state index contributed by atoms with van der Waals surface area (Å²) in [6, 6.07) is 11.8. The molecule has 25 heavy (non-hydrogen) atoms. The van der Waals surface area contributed by atoms with E-state index in [0.29, 0.717) is 11.6 Å². The molecule has 0 atom stereocenters.